The lowest BCUT2D eigenvalue weighted by Crippen LogP contribution is -1.93. The van der Waals surface area contributed by atoms with Crippen molar-refractivity contribution in [2.75, 3.05) is 5.33 Å². The summed E-state index contributed by atoms with van der Waals surface area (Å²) in [6.45, 7) is 4.11. The fraction of sp³-hybridized carbons (Fsp3) is 0.385. The number of halogens is 2. The molecule has 5 heteroatoms. The molecule has 0 radical (unpaired) electrons. The van der Waals surface area contributed by atoms with Crippen LogP contribution in [0.15, 0.2) is 11.6 Å². The topological polar surface area (TPSA) is 30.7 Å². The third kappa shape index (κ3) is 2.45. The number of allylic oxidation sites excluding steroid dienone is 1. The molecule has 0 unspecified atom stereocenters. The van der Waals surface area contributed by atoms with Crippen LogP contribution in [0.1, 0.15) is 24.6 Å². The summed E-state index contributed by atoms with van der Waals surface area (Å²) in [5.74, 6) is 0. The Balaban J connectivity index is 2.62. The highest BCUT2D eigenvalue weighted by molar-refractivity contribution is 9.09. The zero-order valence-corrected chi connectivity index (χ0v) is 13.0. The van der Waals surface area contributed by atoms with Gasteiger partial charge in [0.1, 0.15) is 5.15 Å². The van der Waals surface area contributed by atoms with E-state index in [-0.39, 0.29) is 0 Å². The molecule has 2 aromatic rings. The first-order valence-corrected chi connectivity index (χ1v) is 7.32. The van der Waals surface area contributed by atoms with Gasteiger partial charge in [-0.25, -0.2) is 4.98 Å². The second-order valence-corrected chi connectivity index (χ2v) is 5.16. The summed E-state index contributed by atoms with van der Waals surface area (Å²) in [5, 5.41) is 6.79. The fourth-order valence-electron chi connectivity index (χ4n) is 1.89. The lowest BCUT2D eigenvalue weighted by atomic mass is 10.1. The average Bonchev–Trinajstić information content (AvgIpc) is 2.62. The van der Waals surface area contributed by atoms with E-state index in [0.29, 0.717) is 5.15 Å². The van der Waals surface area contributed by atoms with Crippen molar-refractivity contribution in [2.24, 2.45) is 7.05 Å². The summed E-state index contributed by atoms with van der Waals surface area (Å²) < 4.78 is 1.76. The van der Waals surface area contributed by atoms with Crippen LogP contribution in [-0.2, 0) is 7.05 Å². The largest absolute Gasteiger partial charge is 0.250 e. The summed E-state index contributed by atoms with van der Waals surface area (Å²) in [4.78, 5) is 4.42. The van der Waals surface area contributed by atoms with Crippen molar-refractivity contribution in [3.8, 4) is 0 Å². The zero-order chi connectivity index (χ0) is 13.3. The average molecular weight is 329 g/mol. The van der Waals surface area contributed by atoms with Crippen molar-refractivity contribution in [3.05, 3.63) is 28.0 Å². The summed E-state index contributed by atoms with van der Waals surface area (Å²) in [6.07, 6.45) is 3.08. The Morgan fingerprint density at radius 3 is 2.89 bits per heavy atom. The van der Waals surface area contributed by atoms with Crippen LogP contribution >= 0.6 is 27.5 Å². The quantitative estimate of drug-likeness (QED) is 0.627. The van der Waals surface area contributed by atoms with Gasteiger partial charge in [-0.3, -0.25) is 4.68 Å². The summed E-state index contributed by atoms with van der Waals surface area (Å²) in [5.41, 5.74) is 4.05. The van der Waals surface area contributed by atoms with Gasteiger partial charge in [-0.15, -0.1) is 0 Å². The number of pyridine rings is 1. The van der Waals surface area contributed by atoms with E-state index in [1.165, 1.54) is 5.57 Å². The van der Waals surface area contributed by atoms with Crippen molar-refractivity contribution in [3.63, 3.8) is 0 Å². The highest BCUT2D eigenvalue weighted by Gasteiger charge is 2.10. The number of rotatable bonds is 3. The van der Waals surface area contributed by atoms with E-state index < -0.39 is 0 Å². The van der Waals surface area contributed by atoms with Crippen molar-refractivity contribution in [2.45, 2.75) is 20.3 Å². The molecule has 0 saturated heterocycles. The number of aromatic nitrogens is 3. The highest BCUT2D eigenvalue weighted by atomic mass is 79.9. The molecule has 0 atom stereocenters. The minimum Gasteiger partial charge on any atom is -0.250 e. The predicted molar refractivity (Wildman–Crippen MR) is 80.3 cm³/mol. The Labute approximate surface area is 120 Å². The van der Waals surface area contributed by atoms with Gasteiger partial charge in [0, 0.05) is 23.3 Å². The monoisotopic (exact) mass is 327 g/mol. The predicted octanol–water partition coefficient (Wildman–Crippen LogP) is 4.12. The van der Waals surface area contributed by atoms with E-state index in [9.17, 15) is 0 Å². The molecule has 0 bridgehead atoms. The smallest absolute Gasteiger partial charge is 0.159 e. The lowest BCUT2D eigenvalue weighted by Gasteiger charge is -2.03. The minimum absolute atomic E-state index is 0.525. The van der Waals surface area contributed by atoms with Crippen LogP contribution in [0.2, 0.25) is 5.15 Å². The van der Waals surface area contributed by atoms with E-state index in [1.807, 2.05) is 14.0 Å². The standard InChI is InChI=1S/C13H15BrClN3/c1-4-9(7-14)5-10-6-11-8(2)17-18(3)13(11)16-12(10)15/h5-6H,4,7H2,1-3H3. The van der Waals surface area contributed by atoms with Crippen molar-refractivity contribution >= 4 is 44.6 Å². The molecule has 3 nitrogen and oxygen atoms in total. The van der Waals surface area contributed by atoms with Gasteiger partial charge in [0.2, 0.25) is 0 Å². The highest BCUT2D eigenvalue weighted by Crippen LogP contribution is 2.25. The maximum absolute atomic E-state index is 6.23. The first-order chi connectivity index (χ1) is 8.56. The molecule has 0 N–H and O–H groups in total. The zero-order valence-electron chi connectivity index (χ0n) is 10.7. The number of alkyl halides is 1. The third-order valence-electron chi connectivity index (χ3n) is 2.96. The fourth-order valence-corrected chi connectivity index (χ4v) is 2.64. The molecule has 2 heterocycles. The van der Waals surface area contributed by atoms with Crippen LogP contribution in [0.25, 0.3) is 17.1 Å². The normalized spacial score (nSPS) is 12.4. The van der Waals surface area contributed by atoms with Crippen LogP contribution in [0.3, 0.4) is 0 Å². The van der Waals surface area contributed by atoms with Crippen LogP contribution in [0.4, 0.5) is 0 Å². The molecule has 2 aromatic heterocycles. The molecule has 0 aliphatic carbocycles. The lowest BCUT2D eigenvalue weighted by molar-refractivity contribution is 0.774. The molecule has 0 spiro atoms. The summed E-state index contributed by atoms with van der Waals surface area (Å²) >= 11 is 9.71. The van der Waals surface area contributed by atoms with Crippen molar-refractivity contribution in [1.29, 1.82) is 0 Å². The molecule has 0 saturated carbocycles. The third-order valence-corrected chi connectivity index (χ3v) is 3.99. The molecule has 0 amide bonds. The summed E-state index contributed by atoms with van der Waals surface area (Å²) in [6, 6.07) is 2.06. The van der Waals surface area contributed by atoms with Crippen LogP contribution in [0, 0.1) is 6.92 Å². The number of hydrogen-bond donors (Lipinski definition) is 0. The number of nitrogens with zero attached hydrogens (tertiary/aromatic N) is 3. The molecule has 0 aliphatic rings. The van der Waals surface area contributed by atoms with Gasteiger partial charge in [0.15, 0.2) is 5.65 Å². The van der Waals surface area contributed by atoms with Gasteiger partial charge in [-0.05, 0) is 19.4 Å². The minimum atomic E-state index is 0.525. The van der Waals surface area contributed by atoms with E-state index in [2.05, 4.69) is 45.1 Å². The van der Waals surface area contributed by atoms with Gasteiger partial charge in [0.25, 0.3) is 0 Å². The molecule has 0 aromatic carbocycles. The van der Waals surface area contributed by atoms with E-state index in [4.69, 9.17) is 11.6 Å². The van der Waals surface area contributed by atoms with E-state index >= 15 is 0 Å². The van der Waals surface area contributed by atoms with Crippen LogP contribution in [0.5, 0.6) is 0 Å². The van der Waals surface area contributed by atoms with Gasteiger partial charge < -0.3 is 0 Å². The Morgan fingerprint density at radius 1 is 1.56 bits per heavy atom. The molecule has 0 aliphatic heterocycles. The second kappa shape index (κ2) is 5.41. The number of fused-ring (bicyclic) bond motifs is 1. The van der Waals surface area contributed by atoms with E-state index in [1.54, 1.807) is 4.68 Å². The van der Waals surface area contributed by atoms with Crippen LogP contribution < -0.4 is 0 Å². The molecular weight excluding hydrogens is 314 g/mol. The van der Waals surface area contributed by atoms with Gasteiger partial charge in [-0.1, -0.05) is 46.1 Å². The first kappa shape index (κ1) is 13.6. The molecule has 2 rings (SSSR count). The SMILES string of the molecule is CCC(=Cc1cc2c(C)nn(C)c2nc1Cl)CBr. The summed E-state index contributed by atoms with van der Waals surface area (Å²) in [7, 11) is 1.88. The molecule has 18 heavy (non-hydrogen) atoms. The van der Waals surface area contributed by atoms with Crippen molar-refractivity contribution < 1.29 is 0 Å². The molecule has 96 valence electrons. The Hall–Kier alpha value is -0.870. The van der Waals surface area contributed by atoms with Gasteiger partial charge in [0.05, 0.1) is 5.69 Å². The molecular formula is C13H15BrClN3. The first-order valence-electron chi connectivity index (χ1n) is 5.82. The number of hydrogen-bond acceptors (Lipinski definition) is 2. The molecule has 0 fully saturated rings. The van der Waals surface area contributed by atoms with Crippen molar-refractivity contribution in [1.82, 2.24) is 14.8 Å². The Bertz CT molecular complexity index is 610. The van der Waals surface area contributed by atoms with E-state index in [0.717, 1.165) is 34.0 Å². The second-order valence-electron chi connectivity index (χ2n) is 4.24. The number of aryl methyl sites for hydroxylation is 2. The Kier molecular flexibility index (Phi) is 4.07. The van der Waals surface area contributed by atoms with Crippen LogP contribution in [-0.4, -0.2) is 20.1 Å². The Morgan fingerprint density at radius 2 is 2.28 bits per heavy atom. The maximum Gasteiger partial charge on any atom is 0.159 e. The maximum atomic E-state index is 6.23. The van der Waals surface area contributed by atoms with Gasteiger partial charge in [-0.2, -0.15) is 5.10 Å². The van der Waals surface area contributed by atoms with Gasteiger partial charge >= 0.3 is 0 Å².